The monoisotopic (exact) mass is 279 g/mol. The minimum atomic E-state index is 0.411. The number of furan rings is 1. The molecular weight excluding hydrogens is 270 g/mol. The number of allylic oxidation sites excluding steroid dienone is 2. The van der Waals surface area contributed by atoms with Gasteiger partial charge >= 0.3 is 0 Å². The lowest BCUT2D eigenvalue weighted by Crippen LogP contribution is -2.06. The number of aldehydes is 1. The molecule has 3 heterocycles. The minimum Gasteiger partial charge on any atom is -0.455 e. The molecule has 2 aromatic rings. The van der Waals surface area contributed by atoms with Gasteiger partial charge in [0.1, 0.15) is 16.5 Å². The number of hydrogen-bond donors (Lipinski definition) is 0. The molecule has 0 amide bonds. The summed E-state index contributed by atoms with van der Waals surface area (Å²) in [6.45, 7) is 0. The van der Waals surface area contributed by atoms with Crippen molar-refractivity contribution in [3.63, 3.8) is 0 Å². The van der Waals surface area contributed by atoms with E-state index in [0.717, 1.165) is 38.0 Å². The third kappa shape index (κ3) is 1.62. The Bertz CT molecular complexity index is 996. The number of fused-ring (bicyclic) bond motifs is 4. The Balaban J connectivity index is 2.28. The summed E-state index contributed by atoms with van der Waals surface area (Å²) < 4.78 is 5.99. The zero-order chi connectivity index (χ0) is 13.5. The molecule has 1 aliphatic carbocycles. The van der Waals surface area contributed by atoms with Crippen LogP contribution < -0.4 is 10.6 Å². The summed E-state index contributed by atoms with van der Waals surface area (Å²) in [6.07, 6.45) is 12.4. The van der Waals surface area contributed by atoms with Gasteiger partial charge in [0.05, 0.1) is 4.90 Å². The van der Waals surface area contributed by atoms with Crippen LogP contribution in [0.25, 0.3) is 18.2 Å². The summed E-state index contributed by atoms with van der Waals surface area (Å²) in [5, 5.41) is 3.89. The summed E-state index contributed by atoms with van der Waals surface area (Å²) in [4.78, 5) is 16.2. The predicted molar refractivity (Wildman–Crippen MR) is 78.2 cm³/mol. The van der Waals surface area contributed by atoms with Gasteiger partial charge in [0.15, 0.2) is 6.29 Å². The van der Waals surface area contributed by atoms with Crippen molar-refractivity contribution in [2.75, 3.05) is 0 Å². The summed E-state index contributed by atoms with van der Waals surface area (Å²) in [5.74, 6) is 0. The SMILES string of the molecule is O=Cc1cc2c(cn1)=CC=Cc1c3c(oc1=2)=CC=CS3. The molecule has 0 saturated heterocycles. The smallest absolute Gasteiger partial charge is 0.168 e. The second-order valence-electron chi connectivity index (χ2n) is 4.49. The highest BCUT2D eigenvalue weighted by molar-refractivity contribution is 8.02. The van der Waals surface area contributed by atoms with Crippen LogP contribution in [0.4, 0.5) is 0 Å². The highest BCUT2D eigenvalue weighted by Gasteiger charge is 2.13. The number of carbonyl (C=O) groups excluding carboxylic acids is 1. The number of pyridine rings is 1. The molecule has 0 atom stereocenters. The van der Waals surface area contributed by atoms with Crippen LogP contribution in [-0.2, 0) is 0 Å². The van der Waals surface area contributed by atoms with E-state index in [9.17, 15) is 4.79 Å². The van der Waals surface area contributed by atoms with Crippen molar-refractivity contribution in [2.24, 2.45) is 0 Å². The average Bonchev–Trinajstić information content (AvgIpc) is 2.77. The first-order valence-corrected chi connectivity index (χ1v) is 7.05. The Hall–Kier alpha value is -2.33. The quantitative estimate of drug-likeness (QED) is 0.749. The Morgan fingerprint density at radius 3 is 3.10 bits per heavy atom. The van der Waals surface area contributed by atoms with Crippen molar-refractivity contribution < 1.29 is 9.21 Å². The maximum absolute atomic E-state index is 10.9. The van der Waals surface area contributed by atoms with Gasteiger partial charge in [-0.2, -0.15) is 0 Å². The van der Waals surface area contributed by atoms with E-state index in [-0.39, 0.29) is 0 Å². The Kier molecular flexibility index (Phi) is 2.50. The van der Waals surface area contributed by atoms with Crippen LogP contribution in [0.2, 0.25) is 0 Å². The molecule has 0 saturated carbocycles. The Morgan fingerprint density at radius 1 is 1.25 bits per heavy atom. The molecule has 1 aliphatic heterocycles. The van der Waals surface area contributed by atoms with Gasteiger partial charge in [0.2, 0.25) is 0 Å². The lowest BCUT2D eigenvalue weighted by molar-refractivity contribution is 0.111. The number of nitrogens with zero attached hydrogens (tertiary/aromatic N) is 1. The summed E-state index contributed by atoms with van der Waals surface area (Å²) in [7, 11) is 0. The molecule has 4 heteroatoms. The molecule has 96 valence electrons. The molecule has 0 unspecified atom stereocenters. The first-order valence-electron chi connectivity index (χ1n) is 6.17. The molecule has 20 heavy (non-hydrogen) atoms. The zero-order valence-corrected chi connectivity index (χ0v) is 11.2. The standard InChI is InChI=1S/C16H9NO2S/c18-9-11-7-13-10(8-17-11)3-1-4-12-15(13)19-14-5-2-6-20-16(12)14/h1-9H. The first-order chi connectivity index (χ1) is 9.86. The van der Waals surface area contributed by atoms with Gasteiger partial charge in [-0.25, -0.2) is 0 Å². The van der Waals surface area contributed by atoms with Crippen molar-refractivity contribution in [1.29, 1.82) is 0 Å². The summed E-state index contributed by atoms with van der Waals surface area (Å²) in [6, 6.07) is 1.78. The van der Waals surface area contributed by atoms with Crippen LogP contribution in [0.5, 0.6) is 0 Å². The second-order valence-corrected chi connectivity index (χ2v) is 5.41. The Labute approximate surface area is 118 Å². The normalized spacial score (nSPS) is 14.4. The minimum absolute atomic E-state index is 0.411. The molecule has 0 N–H and O–H groups in total. The summed E-state index contributed by atoms with van der Waals surface area (Å²) >= 11 is 1.65. The third-order valence-corrected chi connectivity index (χ3v) is 4.25. The molecular formula is C16H9NO2S. The molecule has 0 aromatic carbocycles. The second kappa shape index (κ2) is 4.35. The highest BCUT2D eigenvalue weighted by Crippen LogP contribution is 2.26. The zero-order valence-electron chi connectivity index (χ0n) is 10.4. The average molecular weight is 279 g/mol. The number of rotatable bonds is 1. The molecule has 0 bridgehead atoms. The number of thioether (sulfide) groups is 1. The maximum Gasteiger partial charge on any atom is 0.168 e. The van der Waals surface area contributed by atoms with Crippen LogP contribution in [0.15, 0.2) is 39.1 Å². The van der Waals surface area contributed by atoms with E-state index in [2.05, 4.69) is 4.98 Å². The van der Waals surface area contributed by atoms with E-state index in [0.29, 0.717) is 5.69 Å². The van der Waals surface area contributed by atoms with E-state index < -0.39 is 0 Å². The van der Waals surface area contributed by atoms with E-state index >= 15 is 0 Å². The van der Waals surface area contributed by atoms with Gasteiger partial charge in [-0.3, -0.25) is 9.78 Å². The molecule has 0 fully saturated rings. The maximum atomic E-state index is 10.9. The fraction of sp³-hybridized carbons (Fsp3) is 0. The van der Waals surface area contributed by atoms with Gasteiger partial charge in [-0.1, -0.05) is 30.0 Å². The fourth-order valence-electron chi connectivity index (χ4n) is 2.39. The lowest BCUT2D eigenvalue weighted by atomic mass is 10.2. The van der Waals surface area contributed by atoms with Crippen LogP contribution in [-0.4, -0.2) is 11.3 Å². The predicted octanol–water partition coefficient (Wildman–Crippen LogP) is 1.98. The number of hydrogen-bond acceptors (Lipinski definition) is 4. The van der Waals surface area contributed by atoms with Crippen LogP contribution in [0, 0.1) is 10.6 Å². The van der Waals surface area contributed by atoms with Gasteiger partial charge in [-0.15, -0.1) is 0 Å². The van der Waals surface area contributed by atoms with Crippen molar-refractivity contribution in [3.05, 3.63) is 62.3 Å². The van der Waals surface area contributed by atoms with E-state index in [1.807, 2.05) is 35.8 Å². The molecule has 2 aliphatic rings. The molecule has 3 nitrogen and oxygen atoms in total. The third-order valence-electron chi connectivity index (χ3n) is 3.30. The topological polar surface area (TPSA) is 43.1 Å². The molecule has 0 spiro atoms. The van der Waals surface area contributed by atoms with Crippen LogP contribution in [0.1, 0.15) is 16.1 Å². The van der Waals surface area contributed by atoms with Crippen molar-refractivity contribution in [3.8, 4) is 0 Å². The van der Waals surface area contributed by atoms with Gasteiger partial charge in [0.25, 0.3) is 0 Å². The van der Waals surface area contributed by atoms with Crippen LogP contribution in [0.3, 0.4) is 0 Å². The van der Waals surface area contributed by atoms with Crippen molar-refractivity contribution in [1.82, 2.24) is 4.98 Å². The van der Waals surface area contributed by atoms with Gasteiger partial charge in [-0.05, 0) is 23.6 Å². The van der Waals surface area contributed by atoms with Gasteiger partial charge in [0, 0.05) is 22.2 Å². The fourth-order valence-corrected chi connectivity index (χ4v) is 3.19. The lowest BCUT2D eigenvalue weighted by Gasteiger charge is -1.95. The van der Waals surface area contributed by atoms with Crippen molar-refractivity contribution >= 4 is 36.3 Å². The summed E-state index contributed by atoms with van der Waals surface area (Å²) in [5.41, 5.74) is 3.13. The van der Waals surface area contributed by atoms with Crippen LogP contribution >= 0.6 is 11.8 Å². The van der Waals surface area contributed by atoms with Crippen molar-refractivity contribution in [2.45, 2.75) is 4.90 Å². The first kappa shape index (κ1) is 11.5. The molecule has 4 rings (SSSR count). The highest BCUT2D eigenvalue weighted by atomic mass is 32.2. The van der Waals surface area contributed by atoms with E-state index in [1.165, 1.54) is 0 Å². The molecule has 2 aromatic heterocycles. The van der Waals surface area contributed by atoms with Gasteiger partial charge < -0.3 is 4.42 Å². The molecule has 0 radical (unpaired) electrons. The number of carbonyl (C=O) groups is 1. The van der Waals surface area contributed by atoms with E-state index in [1.54, 1.807) is 24.0 Å². The van der Waals surface area contributed by atoms with E-state index in [4.69, 9.17) is 4.42 Å². The Morgan fingerprint density at radius 2 is 2.20 bits per heavy atom. The largest absolute Gasteiger partial charge is 0.455 e. The number of aromatic nitrogens is 1.